The predicted molar refractivity (Wildman–Crippen MR) is 87.3 cm³/mol. The van der Waals surface area contributed by atoms with Gasteiger partial charge in [-0.15, -0.1) is 0 Å². The highest BCUT2D eigenvalue weighted by molar-refractivity contribution is 5.29. The van der Waals surface area contributed by atoms with Crippen LogP contribution in [0.1, 0.15) is 61.3 Å². The fourth-order valence-electron chi connectivity index (χ4n) is 4.09. The summed E-state index contributed by atoms with van der Waals surface area (Å²) in [5.41, 5.74) is 13.9. The van der Waals surface area contributed by atoms with E-state index in [9.17, 15) is 0 Å². The second-order valence-corrected chi connectivity index (χ2v) is 7.50. The van der Waals surface area contributed by atoms with E-state index in [-0.39, 0.29) is 11.6 Å². The summed E-state index contributed by atoms with van der Waals surface area (Å²) in [7, 11) is 0. The van der Waals surface area contributed by atoms with Crippen LogP contribution in [-0.4, -0.2) is 23.7 Å². The van der Waals surface area contributed by atoms with Gasteiger partial charge in [0, 0.05) is 30.5 Å². The van der Waals surface area contributed by atoms with E-state index in [0.717, 1.165) is 12.8 Å². The number of quaternary nitrogens is 1. The van der Waals surface area contributed by atoms with E-state index >= 15 is 0 Å². The largest absolute Gasteiger partial charge is 0.353 e. The molecule has 1 aliphatic rings. The van der Waals surface area contributed by atoms with Crippen molar-refractivity contribution >= 4 is 0 Å². The van der Waals surface area contributed by atoms with Gasteiger partial charge in [-0.3, -0.25) is 0 Å². The first-order valence-electron chi connectivity index (χ1n) is 8.19. The predicted octanol–water partition coefficient (Wildman–Crippen LogP) is 2.08. The number of hydrogen-bond donors (Lipinski definition) is 3. The molecule has 1 aliphatic carbocycles. The number of allylic oxidation sites excluding steroid dienone is 1. The smallest absolute Gasteiger partial charge is 0.0969 e. The minimum Gasteiger partial charge on any atom is -0.353 e. The Kier molecular flexibility index (Phi) is 5.82. The van der Waals surface area contributed by atoms with Crippen LogP contribution < -0.4 is 16.8 Å². The van der Waals surface area contributed by atoms with Crippen LogP contribution in [0.15, 0.2) is 11.1 Å². The minimum absolute atomic E-state index is 0.0959. The van der Waals surface area contributed by atoms with Crippen molar-refractivity contribution in [1.29, 1.82) is 0 Å². The molecule has 0 fully saturated rings. The molecular weight excluding hydrogens is 246 g/mol. The zero-order valence-corrected chi connectivity index (χ0v) is 14.6. The first-order chi connectivity index (χ1) is 9.11. The first-order valence-corrected chi connectivity index (χ1v) is 8.19. The van der Waals surface area contributed by atoms with E-state index in [4.69, 9.17) is 5.73 Å². The summed E-state index contributed by atoms with van der Waals surface area (Å²) in [6.45, 7) is 15.8. The van der Waals surface area contributed by atoms with Crippen molar-refractivity contribution in [2.45, 2.75) is 85.0 Å². The summed E-state index contributed by atoms with van der Waals surface area (Å²) in [6, 6.07) is 0.920. The summed E-state index contributed by atoms with van der Waals surface area (Å²) in [5.74, 6) is 1.09. The third-order valence-corrected chi connectivity index (χ3v) is 5.04. The van der Waals surface area contributed by atoms with Crippen molar-refractivity contribution in [3.05, 3.63) is 11.1 Å². The highest BCUT2D eigenvalue weighted by Crippen LogP contribution is 2.38. The summed E-state index contributed by atoms with van der Waals surface area (Å²) >= 11 is 0. The topological polar surface area (TPSA) is 65.7 Å². The molecule has 0 aromatic heterocycles. The summed E-state index contributed by atoms with van der Waals surface area (Å²) in [6.07, 6.45) is 2.28. The van der Waals surface area contributed by atoms with Gasteiger partial charge in [0.05, 0.1) is 5.54 Å². The Hall–Kier alpha value is -0.380. The molecule has 0 aliphatic heterocycles. The molecule has 3 nitrogen and oxygen atoms in total. The number of hydrogen-bond acceptors (Lipinski definition) is 2. The van der Waals surface area contributed by atoms with Gasteiger partial charge in [0.15, 0.2) is 0 Å². The van der Waals surface area contributed by atoms with E-state index in [1.165, 1.54) is 11.1 Å². The van der Waals surface area contributed by atoms with Crippen molar-refractivity contribution in [1.82, 2.24) is 5.32 Å². The normalized spacial score (nSPS) is 37.2. The lowest BCUT2D eigenvalue weighted by molar-refractivity contribution is -0.490. The quantitative estimate of drug-likeness (QED) is 0.691. The van der Waals surface area contributed by atoms with Gasteiger partial charge in [-0.25, -0.2) is 0 Å². The second-order valence-electron chi connectivity index (χ2n) is 7.50. The highest BCUT2D eigenvalue weighted by Gasteiger charge is 2.44. The molecule has 5 unspecified atom stereocenters. The standard InChI is InChI=1S/C17H35N3/c1-8-14-16(20-10(2)3)15(13(6)18)12(5)11(4)9-17(14,7)19/h10-11,13-14,16,20H,8-9,18-19H2,1-7H3/p+1. The van der Waals surface area contributed by atoms with Gasteiger partial charge in [-0.1, -0.05) is 33.3 Å². The Morgan fingerprint density at radius 3 is 2.35 bits per heavy atom. The molecule has 0 radical (unpaired) electrons. The van der Waals surface area contributed by atoms with Crippen molar-refractivity contribution in [3.8, 4) is 0 Å². The Labute approximate surface area is 125 Å². The lowest BCUT2D eigenvalue weighted by Gasteiger charge is -2.38. The number of rotatable bonds is 4. The maximum atomic E-state index is 6.34. The molecule has 3 heteroatoms. The van der Waals surface area contributed by atoms with Gasteiger partial charge in [-0.2, -0.15) is 0 Å². The fraction of sp³-hybridized carbons (Fsp3) is 0.882. The molecule has 0 aromatic rings. The maximum Gasteiger partial charge on any atom is 0.0969 e. The number of nitrogens with two attached hydrogens (primary N) is 1. The van der Waals surface area contributed by atoms with Crippen LogP contribution in [0.3, 0.4) is 0 Å². The molecule has 0 bridgehead atoms. The van der Waals surface area contributed by atoms with E-state index < -0.39 is 0 Å². The molecule has 0 heterocycles. The maximum absolute atomic E-state index is 6.34. The Morgan fingerprint density at radius 1 is 1.40 bits per heavy atom. The molecule has 0 spiro atoms. The van der Waals surface area contributed by atoms with Gasteiger partial charge in [0.1, 0.15) is 0 Å². The summed E-state index contributed by atoms with van der Waals surface area (Å²) < 4.78 is 0. The molecular formula is C17H36N3+. The van der Waals surface area contributed by atoms with E-state index in [2.05, 4.69) is 59.5 Å². The van der Waals surface area contributed by atoms with Gasteiger partial charge in [-0.05, 0) is 38.7 Å². The molecule has 0 saturated carbocycles. The molecule has 0 saturated heterocycles. The van der Waals surface area contributed by atoms with Gasteiger partial charge >= 0.3 is 0 Å². The molecule has 20 heavy (non-hydrogen) atoms. The van der Waals surface area contributed by atoms with Crippen molar-refractivity contribution in [2.24, 2.45) is 17.6 Å². The number of nitrogens with one attached hydrogen (secondary N) is 1. The third kappa shape index (κ3) is 3.63. The Balaban J connectivity index is 3.35. The third-order valence-electron chi connectivity index (χ3n) is 5.04. The van der Waals surface area contributed by atoms with E-state index in [1.54, 1.807) is 0 Å². The molecule has 6 N–H and O–H groups in total. The van der Waals surface area contributed by atoms with Crippen LogP contribution in [0.2, 0.25) is 0 Å². The summed E-state index contributed by atoms with van der Waals surface area (Å²) in [4.78, 5) is 0. The molecule has 118 valence electrons. The summed E-state index contributed by atoms with van der Waals surface area (Å²) in [5, 5.41) is 3.78. The molecule has 1 rings (SSSR count). The van der Waals surface area contributed by atoms with Gasteiger partial charge in [0.25, 0.3) is 0 Å². The molecule has 5 atom stereocenters. The van der Waals surface area contributed by atoms with E-state index in [1.807, 2.05) is 0 Å². The fourth-order valence-corrected chi connectivity index (χ4v) is 4.09. The van der Waals surface area contributed by atoms with E-state index in [0.29, 0.717) is 23.9 Å². The van der Waals surface area contributed by atoms with Crippen LogP contribution in [0.5, 0.6) is 0 Å². The Bertz CT molecular complexity index is 355. The minimum atomic E-state index is 0.0959. The average molecular weight is 282 g/mol. The monoisotopic (exact) mass is 282 g/mol. The zero-order valence-electron chi connectivity index (χ0n) is 14.6. The van der Waals surface area contributed by atoms with Crippen molar-refractivity contribution in [2.75, 3.05) is 0 Å². The zero-order chi connectivity index (χ0) is 15.7. The van der Waals surface area contributed by atoms with Gasteiger partial charge in [0.2, 0.25) is 0 Å². The van der Waals surface area contributed by atoms with Crippen molar-refractivity contribution < 1.29 is 5.73 Å². The van der Waals surface area contributed by atoms with Crippen LogP contribution >= 0.6 is 0 Å². The van der Waals surface area contributed by atoms with Crippen LogP contribution in [0, 0.1) is 11.8 Å². The second kappa shape index (κ2) is 6.59. The van der Waals surface area contributed by atoms with Gasteiger partial charge < -0.3 is 16.8 Å². The average Bonchev–Trinajstić information content (AvgIpc) is 2.32. The van der Waals surface area contributed by atoms with Crippen LogP contribution in [0.25, 0.3) is 0 Å². The molecule has 0 aromatic carbocycles. The SMILES string of the molecule is CCC1C(NC(C)C)C(C(C)N)=C(C)C(C)CC1(C)[NH3+]. The molecule has 0 amide bonds. The lowest BCUT2D eigenvalue weighted by Crippen LogP contribution is -2.76. The van der Waals surface area contributed by atoms with Crippen LogP contribution in [0.4, 0.5) is 0 Å². The van der Waals surface area contributed by atoms with Crippen molar-refractivity contribution in [3.63, 3.8) is 0 Å². The highest BCUT2D eigenvalue weighted by atomic mass is 15.0. The van der Waals surface area contributed by atoms with Crippen LogP contribution in [-0.2, 0) is 0 Å². The first kappa shape index (κ1) is 17.7. The Morgan fingerprint density at radius 2 is 1.95 bits per heavy atom. The lowest BCUT2D eigenvalue weighted by atomic mass is 9.75.